The highest BCUT2D eigenvalue weighted by atomic mass is 79.9. The van der Waals surface area contributed by atoms with Crippen LogP contribution in [0.5, 0.6) is 0 Å². The summed E-state index contributed by atoms with van der Waals surface area (Å²) in [5, 5.41) is 5.35. The third-order valence-corrected chi connectivity index (χ3v) is 3.59. The second kappa shape index (κ2) is 6.44. The van der Waals surface area contributed by atoms with Crippen molar-refractivity contribution in [2.24, 2.45) is 0 Å². The Balaban J connectivity index is 1.84. The number of rotatable bonds is 3. The van der Waals surface area contributed by atoms with E-state index in [9.17, 15) is 9.59 Å². The smallest absolute Gasteiger partial charge is 0.315 e. The highest BCUT2D eigenvalue weighted by molar-refractivity contribution is 9.11. The van der Waals surface area contributed by atoms with Gasteiger partial charge in [0, 0.05) is 6.54 Å². The van der Waals surface area contributed by atoms with Crippen LogP contribution in [0, 0.1) is 0 Å². The molecule has 0 spiro atoms. The molecule has 7 heteroatoms. The van der Waals surface area contributed by atoms with Gasteiger partial charge in [0.15, 0.2) is 5.13 Å². The molecule has 0 saturated carbocycles. The van der Waals surface area contributed by atoms with Crippen molar-refractivity contribution in [1.29, 1.82) is 0 Å². The van der Waals surface area contributed by atoms with Crippen LogP contribution in [0.1, 0.15) is 5.56 Å². The summed E-state index contributed by atoms with van der Waals surface area (Å²) in [6.07, 6.45) is 1.56. The summed E-state index contributed by atoms with van der Waals surface area (Å²) in [5.41, 5.74) is 0.931. The van der Waals surface area contributed by atoms with Crippen LogP contribution in [0.3, 0.4) is 0 Å². The largest absolute Gasteiger partial charge is 0.344 e. The Labute approximate surface area is 122 Å². The highest BCUT2D eigenvalue weighted by Gasteiger charge is 2.14. The lowest BCUT2D eigenvalue weighted by Gasteiger charge is -2.04. The number of halogens is 1. The van der Waals surface area contributed by atoms with Crippen molar-refractivity contribution in [3.63, 3.8) is 0 Å². The quantitative estimate of drug-likeness (QED) is 0.841. The summed E-state index contributed by atoms with van der Waals surface area (Å²) in [5.74, 6) is -1.41. The maximum atomic E-state index is 11.6. The summed E-state index contributed by atoms with van der Waals surface area (Å²) >= 11 is 4.47. The zero-order valence-corrected chi connectivity index (χ0v) is 12.1. The van der Waals surface area contributed by atoms with Crippen molar-refractivity contribution in [3.8, 4) is 0 Å². The van der Waals surface area contributed by atoms with Gasteiger partial charge < -0.3 is 5.32 Å². The summed E-state index contributed by atoms with van der Waals surface area (Å²) in [6, 6.07) is 9.37. The molecular weight excluding hydrogens is 330 g/mol. The number of hydrogen-bond donors (Lipinski definition) is 2. The van der Waals surface area contributed by atoms with Gasteiger partial charge in [0.05, 0.1) is 9.98 Å². The minimum atomic E-state index is -0.724. The van der Waals surface area contributed by atoms with E-state index < -0.39 is 11.8 Å². The number of amides is 2. The molecule has 2 N–H and O–H groups in total. The number of benzene rings is 1. The number of aromatic nitrogens is 1. The van der Waals surface area contributed by atoms with Crippen LogP contribution in [0.15, 0.2) is 40.3 Å². The first kappa shape index (κ1) is 13.7. The fraction of sp³-hybridized carbons (Fsp3) is 0.0833. The molecule has 1 heterocycles. The molecule has 0 saturated heterocycles. The number of anilines is 1. The molecule has 1 aromatic carbocycles. The maximum absolute atomic E-state index is 11.6. The van der Waals surface area contributed by atoms with E-state index in [0.29, 0.717) is 11.7 Å². The zero-order valence-electron chi connectivity index (χ0n) is 9.72. The molecule has 0 unspecified atom stereocenters. The molecule has 2 aromatic rings. The van der Waals surface area contributed by atoms with Crippen LogP contribution in [0.2, 0.25) is 0 Å². The van der Waals surface area contributed by atoms with Gasteiger partial charge in [0.2, 0.25) is 0 Å². The molecule has 0 bridgehead atoms. The van der Waals surface area contributed by atoms with E-state index in [4.69, 9.17) is 0 Å². The van der Waals surface area contributed by atoms with Crippen molar-refractivity contribution < 1.29 is 9.59 Å². The molecule has 0 radical (unpaired) electrons. The highest BCUT2D eigenvalue weighted by Crippen LogP contribution is 2.22. The molecule has 0 aliphatic heterocycles. The van der Waals surface area contributed by atoms with Crippen LogP contribution in [-0.2, 0) is 16.1 Å². The fourth-order valence-electron chi connectivity index (χ4n) is 1.32. The number of thiazole rings is 1. The summed E-state index contributed by atoms with van der Waals surface area (Å²) in [4.78, 5) is 27.1. The lowest BCUT2D eigenvalue weighted by Crippen LogP contribution is -2.34. The molecule has 2 amide bonds. The lowest BCUT2D eigenvalue weighted by molar-refractivity contribution is -0.136. The molecule has 2 rings (SSSR count). The van der Waals surface area contributed by atoms with E-state index in [-0.39, 0.29) is 0 Å². The summed E-state index contributed by atoms with van der Waals surface area (Å²) in [6.45, 7) is 0.314. The van der Waals surface area contributed by atoms with Gasteiger partial charge in [0.1, 0.15) is 0 Å². The van der Waals surface area contributed by atoms with E-state index in [1.807, 2.05) is 30.3 Å². The number of hydrogen-bond acceptors (Lipinski definition) is 4. The monoisotopic (exact) mass is 339 g/mol. The second-order valence-corrected chi connectivity index (χ2v) is 6.00. The molecule has 19 heavy (non-hydrogen) atoms. The Kier molecular flexibility index (Phi) is 4.64. The van der Waals surface area contributed by atoms with Crippen LogP contribution in [-0.4, -0.2) is 16.8 Å². The molecule has 0 fully saturated rings. The van der Waals surface area contributed by atoms with Gasteiger partial charge >= 0.3 is 11.8 Å². The Bertz CT molecular complexity index is 586. The van der Waals surface area contributed by atoms with Crippen molar-refractivity contribution in [3.05, 3.63) is 45.9 Å². The molecule has 1 aromatic heterocycles. The predicted octanol–water partition coefficient (Wildman–Crippen LogP) is 2.16. The first-order valence-corrected chi connectivity index (χ1v) is 7.00. The van der Waals surface area contributed by atoms with Gasteiger partial charge in [-0.05, 0) is 21.5 Å². The Morgan fingerprint density at radius 3 is 2.58 bits per heavy atom. The van der Waals surface area contributed by atoms with E-state index in [2.05, 4.69) is 31.5 Å². The first-order valence-electron chi connectivity index (χ1n) is 5.39. The number of carbonyl (C=O) groups is 2. The average Bonchev–Trinajstić information content (AvgIpc) is 2.82. The SMILES string of the molecule is O=C(NCc1ccccc1)C(=O)Nc1ncc(Br)s1. The van der Waals surface area contributed by atoms with Crippen LogP contribution >= 0.6 is 27.3 Å². The van der Waals surface area contributed by atoms with Crippen molar-refractivity contribution in [1.82, 2.24) is 10.3 Å². The maximum Gasteiger partial charge on any atom is 0.315 e. The third-order valence-electron chi connectivity index (χ3n) is 2.20. The number of nitrogens with zero attached hydrogens (tertiary/aromatic N) is 1. The van der Waals surface area contributed by atoms with Crippen LogP contribution < -0.4 is 10.6 Å². The minimum Gasteiger partial charge on any atom is -0.344 e. The third kappa shape index (κ3) is 4.15. The first-order chi connectivity index (χ1) is 9.15. The molecule has 0 aliphatic rings. The standard InChI is InChI=1S/C12H10BrN3O2S/c13-9-7-15-12(19-9)16-11(18)10(17)14-6-8-4-2-1-3-5-8/h1-5,7H,6H2,(H,14,17)(H,15,16,18). The van der Waals surface area contributed by atoms with Crippen molar-refractivity contribution >= 4 is 44.2 Å². The lowest BCUT2D eigenvalue weighted by atomic mass is 10.2. The van der Waals surface area contributed by atoms with Gasteiger partial charge in [-0.15, -0.1) is 0 Å². The van der Waals surface area contributed by atoms with E-state index in [1.165, 1.54) is 11.3 Å². The molecule has 0 atom stereocenters. The van der Waals surface area contributed by atoms with Gasteiger partial charge in [-0.2, -0.15) is 0 Å². The van der Waals surface area contributed by atoms with Crippen molar-refractivity contribution in [2.45, 2.75) is 6.54 Å². The Hall–Kier alpha value is -1.73. The normalized spacial score (nSPS) is 9.95. The Morgan fingerprint density at radius 1 is 1.21 bits per heavy atom. The summed E-state index contributed by atoms with van der Waals surface area (Å²) < 4.78 is 0.785. The predicted molar refractivity (Wildman–Crippen MR) is 76.7 cm³/mol. The van der Waals surface area contributed by atoms with Crippen molar-refractivity contribution in [2.75, 3.05) is 5.32 Å². The topological polar surface area (TPSA) is 71.1 Å². The number of carbonyl (C=O) groups excluding carboxylic acids is 2. The van der Waals surface area contributed by atoms with Gasteiger partial charge in [-0.3, -0.25) is 14.9 Å². The molecule has 0 aliphatic carbocycles. The van der Waals surface area contributed by atoms with Crippen LogP contribution in [0.4, 0.5) is 5.13 Å². The number of nitrogens with one attached hydrogen (secondary N) is 2. The van der Waals surface area contributed by atoms with Gasteiger partial charge in [-0.25, -0.2) is 4.98 Å². The molecule has 98 valence electrons. The fourth-order valence-corrected chi connectivity index (χ4v) is 2.43. The zero-order chi connectivity index (χ0) is 13.7. The van der Waals surface area contributed by atoms with E-state index in [0.717, 1.165) is 9.35 Å². The second-order valence-electron chi connectivity index (χ2n) is 3.59. The minimum absolute atomic E-state index is 0.314. The van der Waals surface area contributed by atoms with E-state index in [1.54, 1.807) is 6.20 Å². The average molecular weight is 340 g/mol. The van der Waals surface area contributed by atoms with Crippen LogP contribution in [0.25, 0.3) is 0 Å². The van der Waals surface area contributed by atoms with E-state index >= 15 is 0 Å². The summed E-state index contributed by atoms with van der Waals surface area (Å²) in [7, 11) is 0. The Morgan fingerprint density at radius 2 is 1.95 bits per heavy atom. The van der Waals surface area contributed by atoms with Gasteiger partial charge in [0.25, 0.3) is 0 Å². The van der Waals surface area contributed by atoms with Gasteiger partial charge in [-0.1, -0.05) is 41.7 Å². The molecule has 5 nitrogen and oxygen atoms in total. The molecular formula is C12H10BrN3O2S.